The smallest absolute Gasteiger partial charge is 0.220 e. The van der Waals surface area contributed by atoms with Crippen molar-refractivity contribution in [1.82, 2.24) is 5.32 Å². The zero-order chi connectivity index (χ0) is 63.1. The van der Waals surface area contributed by atoms with Gasteiger partial charge in [-0.1, -0.05) is 314 Å². The van der Waals surface area contributed by atoms with Crippen LogP contribution in [0.2, 0.25) is 0 Å². The number of nitrogens with one attached hydrogen (secondary N) is 1. The van der Waals surface area contributed by atoms with Gasteiger partial charge < -0.3 is 65.1 Å². The van der Waals surface area contributed by atoms with Crippen molar-refractivity contribution < 1.29 is 64.6 Å². The molecule has 514 valence electrons. The van der Waals surface area contributed by atoms with Gasteiger partial charge in [-0.2, -0.15) is 0 Å². The van der Waals surface area contributed by atoms with E-state index in [9.17, 15) is 45.6 Å². The average molecular weight is 1240 g/mol. The first kappa shape index (κ1) is 81.6. The summed E-state index contributed by atoms with van der Waals surface area (Å²) in [4.78, 5) is 13.3. The van der Waals surface area contributed by atoms with Gasteiger partial charge in [0, 0.05) is 6.42 Å². The molecular formula is C73H139NO13. The van der Waals surface area contributed by atoms with Crippen LogP contribution < -0.4 is 5.32 Å². The van der Waals surface area contributed by atoms with Gasteiger partial charge in [0.1, 0.15) is 48.8 Å². The lowest BCUT2D eigenvalue weighted by Gasteiger charge is -2.46. The fraction of sp³-hybridized carbons (Fsp3) is 0.932. The average Bonchev–Trinajstić information content (AvgIpc) is 2.05. The summed E-state index contributed by atoms with van der Waals surface area (Å²) in [5.74, 6) is -0.200. The number of ether oxygens (including phenoxy) is 4. The van der Waals surface area contributed by atoms with Crippen LogP contribution in [0.1, 0.15) is 341 Å². The summed E-state index contributed by atoms with van der Waals surface area (Å²) in [5.41, 5.74) is 0. The highest BCUT2D eigenvalue weighted by Crippen LogP contribution is 2.30. The summed E-state index contributed by atoms with van der Waals surface area (Å²) in [6, 6.07) is -0.825. The Morgan fingerprint density at radius 1 is 0.414 bits per heavy atom. The SMILES string of the molecule is CCCCCCC/C=C\C/C=C\CCCCCCCCCCCCCCCCCCCCCCCCCCCCCC(=O)NC(COC1OC(CO)C(OC2OC(CO)C(O)C(O)C2O)C(O)C1O)C(O)CCCCCCCCCCCCCCCC. The normalized spacial score (nSPS) is 23.3. The van der Waals surface area contributed by atoms with Crippen LogP contribution in [-0.4, -0.2) is 140 Å². The zero-order valence-corrected chi connectivity index (χ0v) is 56.0. The van der Waals surface area contributed by atoms with Crippen molar-refractivity contribution in [1.29, 1.82) is 0 Å². The second-order valence-electron chi connectivity index (χ2n) is 26.4. The highest BCUT2D eigenvalue weighted by molar-refractivity contribution is 5.76. The standard InChI is InChI=1S/C73H139NO13/c1-3-5-7-9-11-13-15-17-19-20-21-22-23-24-25-26-27-28-29-30-31-32-33-34-35-36-37-38-39-40-41-42-43-45-47-49-51-53-55-57-65(78)74-61(62(77)56-54-52-50-48-46-44-18-16-14-12-10-8-6-4-2)60-84-72-70(83)68(81)71(64(59-76)86-72)87-73-69(82)67(80)66(79)63(58-75)85-73/h15,17,20-21,61-64,66-73,75-77,79-83H,3-14,16,18-19,22-60H2,1-2H3,(H,74,78)/b17-15-,21-20-. The summed E-state index contributed by atoms with van der Waals surface area (Å²) in [7, 11) is 0. The molecule has 12 atom stereocenters. The molecule has 0 bridgehead atoms. The van der Waals surface area contributed by atoms with Crippen LogP contribution in [0.3, 0.4) is 0 Å². The minimum absolute atomic E-state index is 0.200. The highest BCUT2D eigenvalue weighted by atomic mass is 16.7. The minimum atomic E-state index is -1.78. The maximum Gasteiger partial charge on any atom is 0.220 e. The Morgan fingerprint density at radius 2 is 0.759 bits per heavy atom. The van der Waals surface area contributed by atoms with Gasteiger partial charge in [-0.15, -0.1) is 0 Å². The molecular weight excluding hydrogens is 1100 g/mol. The predicted octanol–water partition coefficient (Wildman–Crippen LogP) is 15.5. The number of unbranched alkanes of at least 4 members (excludes halogenated alkanes) is 45. The van der Waals surface area contributed by atoms with E-state index >= 15 is 0 Å². The third kappa shape index (κ3) is 42.4. The van der Waals surface area contributed by atoms with Gasteiger partial charge in [0.15, 0.2) is 12.6 Å². The maximum atomic E-state index is 13.3. The second-order valence-corrected chi connectivity index (χ2v) is 26.4. The van der Waals surface area contributed by atoms with Gasteiger partial charge in [-0.25, -0.2) is 0 Å². The molecule has 0 radical (unpaired) electrons. The number of carbonyl (C=O) groups is 1. The van der Waals surface area contributed by atoms with Crippen molar-refractivity contribution in [3.8, 4) is 0 Å². The van der Waals surface area contributed by atoms with Gasteiger partial charge in [0.05, 0.1) is 32.0 Å². The predicted molar refractivity (Wildman–Crippen MR) is 355 cm³/mol. The van der Waals surface area contributed by atoms with E-state index in [4.69, 9.17) is 18.9 Å². The van der Waals surface area contributed by atoms with E-state index in [1.807, 2.05) is 0 Å². The molecule has 2 aliphatic heterocycles. The Bertz CT molecular complexity index is 1550. The van der Waals surface area contributed by atoms with Crippen LogP contribution >= 0.6 is 0 Å². The third-order valence-corrected chi connectivity index (χ3v) is 18.4. The summed E-state index contributed by atoms with van der Waals surface area (Å²) < 4.78 is 22.9. The second kappa shape index (κ2) is 58.3. The minimum Gasteiger partial charge on any atom is -0.394 e. The van der Waals surface area contributed by atoms with Crippen LogP contribution in [0, 0.1) is 0 Å². The van der Waals surface area contributed by atoms with E-state index in [2.05, 4.69) is 43.5 Å². The van der Waals surface area contributed by atoms with E-state index in [0.717, 1.165) is 57.8 Å². The Kier molecular flexibility index (Phi) is 54.7. The first-order valence-electron chi connectivity index (χ1n) is 37.1. The number of allylic oxidation sites excluding steroid dienone is 4. The zero-order valence-electron chi connectivity index (χ0n) is 56.0. The number of aliphatic hydroxyl groups excluding tert-OH is 8. The third-order valence-electron chi connectivity index (χ3n) is 18.4. The highest BCUT2D eigenvalue weighted by Gasteiger charge is 2.51. The van der Waals surface area contributed by atoms with Gasteiger partial charge >= 0.3 is 0 Å². The molecule has 2 heterocycles. The topological polar surface area (TPSA) is 228 Å². The molecule has 0 aromatic rings. The van der Waals surface area contributed by atoms with E-state index in [1.165, 1.54) is 257 Å². The number of carbonyl (C=O) groups excluding carboxylic acids is 1. The van der Waals surface area contributed by atoms with Crippen molar-refractivity contribution >= 4 is 5.91 Å². The molecule has 0 spiro atoms. The van der Waals surface area contributed by atoms with Crippen LogP contribution in [-0.2, 0) is 23.7 Å². The summed E-state index contributed by atoms with van der Waals surface area (Å²) >= 11 is 0. The molecule has 2 fully saturated rings. The first-order valence-corrected chi connectivity index (χ1v) is 37.1. The molecule has 0 aromatic heterocycles. The molecule has 2 rings (SSSR count). The molecule has 87 heavy (non-hydrogen) atoms. The number of aliphatic hydroxyl groups is 8. The molecule has 12 unspecified atom stereocenters. The van der Waals surface area contributed by atoms with Crippen molar-refractivity contribution in [2.75, 3.05) is 19.8 Å². The molecule has 0 aromatic carbocycles. The van der Waals surface area contributed by atoms with Gasteiger partial charge in [0.25, 0.3) is 0 Å². The van der Waals surface area contributed by atoms with Crippen molar-refractivity contribution in [3.63, 3.8) is 0 Å². The van der Waals surface area contributed by atoms with Crippen molar-refractivity contribution in [2.24, 2.45) is 0 Å². The lowest BCUT2D eigenvalue weighted by atomic mass is 9.97. The Hall–Kier alpha value is -1.53. The monoisotopic (exact) mass is 1240 g/mol. The molecule has 0 saturated carbocycles. The number of amides is 1. The number of rotatable bonds is 62. The summed E-state index contributed by atoms with van der Waals surface area (Å²) in [5, 5.41) is 87.5. The molecule has 2 saturated heterocycles. The van der Waals surface area contributed by atoms with Gasteiger partial charge in [0.2, 0.25) is 5.91 Å². The first-order chi connectivity index (χ1) is 42.6. The Labute approximate surface area is 532 Å². The molecule has 14 nitrogen and oxygen atoms in total. The van der Waals surface area contributed by atoms with Crippen molar-refractivity contribution in [2.45, 2.75) is 415 Å². The van der Waals surface area contributed by atoms with Crippen molar-refractivity contribution in [3.05, 3.63) is 24.3 Å². The van der Waals surface area contributed by atoms with E-state index in [1.54, 1.807) is 0 Å². The maximum absolute atomic E-state index is 13.3. The number of hydrogen-bond acceptors (Lipinski definition) is 13. The van der Waals surface area contributed by atoms with Gasteiger partial charge in [-0.3, -0.25) is 4.79 Å². The summed E-state index contributed by atoms with van der Waals surface area (Å²) in [6.07, 6.45) is 56.6. The Morgan fingerprint density at radius 3 is 1.15 bits per heavy atom. The van der Waals surface area contributed by atoms with Crippen LogP contribution in [0.25, 0.3) is 0 Å². The van der Waals surface area contributed by atoms with E-state index < -0.39 is 86.8 Å². The van der Waals surface area contributed by atoms with Crippen LogP contribution in [0.5, 0.6) is 0 Å². The van der Waals surface area contributed by atoms with E-state index in [0.29, 0.717) is 12.8 Å². The van der Waals surface area contributed by atoms with Crippen LogP contribution in [0.15, 0.2) is 24.3 Å². The van der Waals surface area contributed by atoms with Gasteiger partial charge in [-0.05, 0) is 44.9 Å². The molecule has 14 heteroatoms. The largest absolute Gasteiger partial charge is 0.394 e. The lowest BCUT2D eigenvalue weighted by molar-refractivity contribution is -0.359. The lowest BCUT2D eigenvalue weighted by Crippen LogP contribution is -2.65. The molecule has 9 N–H and O–H groups in total. The van der Waals surface area contributed by atoms with E-state index in [-0.39, 0.29) is 12.5 Å². The quantitative estimate of drug-likeness (QED) is 0.0204. The molecule has 0 aliphatic carbocycles. The molecule has 2 aliphatic rings. The molecule has 1 amide bonds. The Balaban J connectivity index is 1.53. The fourth-order valence-corrected chi connectivity index (χ4v) is 12.5. The number of hydrogen-bond donors (Lipinski definition) is 9. The summed E-state index contributed by atoms with van der Waals surface area (Å²) in [6.45, 7) is 2.89. The van der Waals surface area contributed by atoms with Crippen LogP contribution in [0.4, 0.5) is 0 Å². The fourth-order valence-electron chi connectivity index (χ4n) is 12.5.